The SMILES string of the molecule is O=C(OCN1C(=O)c2ccccc2C1=O)c1cc(Cl)c2c(c1)OCO2. The van der Waals surface area contributed by atoms with Crippen LogP contribution in [0.25, 0.3) is 0 Å². The van der Waals surface area contributed by atoms with E-state index in [1.165, 1.54) is 12.1 Å². The highest BCUT2D eigenvalue weighted by molar-refractivity contribution is 6.32. The molecule has 0 bridgehead atoms. The van der Waals surface area contributed by atoms with Crippen LogP contribution in [0.1, 0.15) is 31.1 Å². The lowest BCUT2D eigenvalue weighted by Crippen LogP contribution is -2.33. The summed E-state index contributed by atoms with van der Waals surface area (Å²) < 4.78 is 15.4. The van der Waals surface area contributed by atoms with Crippen LogP contribution < -0.4 is 9.47 Å². The Balaban J connectivity index is 1.49. The molecule has 4 rings (SSSR count). The number of hydrogen-bond acceptors (Lipinski definition) is 6. The molecule has 0 aliphatic carbocycles. The van der Waals surface area contributed by atoms with E-state index < -0.39 is 24.5 Å². The molecule has 126 valence electrons. The summed E-state index contributed by atoms with van der Waals surface area (Å²) >= 11 is 6.02. The Morgan fingerprint density at radius 2 is 1.80 bits per heavy atom. The summed E-state index contributed by atoms with van der Waals surface area (Å²) in [6.45, 7) is -0.472. The lowest BCUT2D eigenvalue weighted by atomic mass is 10.1. The maximum Gasteiger partial charge on any atom is 0.340 e. The standard InChI is InChI=1S/C17H10ClNO6/c18-12-5-9(6-13-14(12)25-8-24-13)17(22)23-7-19-15(20)10-3-1-2-4-11(10)16(19)21/h1-6H,7-8H2. The number of nitrogens with zero attached hydrogens (tertiary/aromatic N) is 1. The molecule has 0 N–H and O–H groups in total. The van der Waals surface area contributed by atoms with Gasteiger partial charge in [0.2, 0.25) is 6.79 Å². The number of halogens is 1. The Labute approximate surface area is 146 Å². The fraction of sp³-hybridized carbons (Fsp3) is 0.118. The van der Waals surface area contributed by atoms with Gasteiger partial charge in [-0.3, -0.25) is 9.59 Å². The zero-order chi connectivity index (χ0) is 17.6. The van der Waals surface area contributed by atoms with E-state index in [0.29, 0.717) is 11.5 Å². The summed E-state index contributed by atoms with van der Waals surface area (Å²) in [5, 5.41) is 0.211. The number of benzene rings is 2. The second-order valence-corrected chi connectivity index (χ2v) is 5.74. The van der Waals surface area contributed by atoms with Crippen molar-refractivity contribution in [3.8, 4) is 11.5 Å². The molecule has 2 heterocycles. The minimum absolute atomic E-state index is 0.0165. The van der Waals surface area contributed by atoms with E-state index in [9.17, 15) is 14.4 Å². The van der Waals surface area contributed by atoms with Crippen LogP contribution in [0.4, 0.5) is 0 Å². The molecule has 0 atom stereocenters. The molecule has 25 heavy (non-hydrogen) atoms. The van der Waals surface area contributed by atoms with Gasteiger partial charge in [0.25, 0.3) is 11.8 Å². The normalized spacial score (nSPS) is 14.7. The van der Waals surface area contributed by atoms with Crippen LogP contribution in [-0.4, -0.2) is 36.2 Å². The van der Waals surface area contributed by atoms with Gasteiger partial charge in [-0.1, -0.05) is 23.7 Å². The Hall–Kier alpha value is -3.06. The van der Waals surface area contributed by atoms with Crippen molar-refractivity contribution < 1.29 is 28.6 Å². The van der Waals surface area contributed by atoms with Gasteiger partial charge in [0.1, 0.15) is 0 Å². The van der Waals surface area contributed by atoms with Crippen molar-refractivity contribution in [1.29, 1.82) is 0 Å². The van der Waals surface area contributed by atoms with E-state index in [4.69, 9.17) is 25.8 Å². The molecule has 0 aromatic heterocycles. The van der Waals surface area contributed by atoms with Crippen LogP contribution in [0.3, 0.4) is 0 Å². The monoisotopic (exact) mass is 359 g/mol. The van der Waals surface area contributed by atoms with Crippen LogP contribution in [0.2, 0.25) is 5.02 Å². The molecule has 0 saturated carbocycles. The molecule has 0 fully saturated rings. The summed E-state index contributed by atoms with van der Waals surface area (Å²) in [6.07, 6.45) is 0. The molecular weight excluding hydrogens is 350 g/mol. The molecule has 8 heteroatoms. The number of hydrogen-bond donors (Lipinski definition) is 0. The minimum atomic E-state index is -0.739. The topological polar surface area (TPSA) is 82.1 Å². The molecule has 2 aliphatic rings. The maximum atomic E-state index is 12.2. The fourth-order valence-corrected chi connectivity index (χ4v) is 2.91. The molecule has 0 spiro atoms. The van der Waals surface area contributed by atoms with Crippen LogP contribution in [0.15, 0.2) is 36.4 Å². The predicted molar refractivity (Wildman–Crippen MR) is 84.8 cm³/mol. The van der Waals surface area contributed by atoms with Gasteiger partial charge >= 0.3 is 5.97 Å². The van der Waals surface area contributed by atoms with E-state index in [0.717, 1.165) is 4.90 Å². The molecule has 2 aromatic rings. The third-order valence-corrected chi connectivity index (χ3v) is 4.15. The molecule has 0 unspecified atom stereocenters. The molecule has 0 radical (unpaired) electrons. The molecule has 2 aliphatic heterocycles. The minimum Gasteiger partial charge on any atom is -0.454 e. The van der Waals surface area contributed by atoms with Gasteiger partial charge in [-0.15, -0.1) is 0 Å². The number of esters is 1. The van der Waals surface area contributed by atoms with E-state index in [-0.39, 0.29) is 28.5 Å². The summed E-state index contributed by atoms with van der Waals surface area (Å²) in [7, 11) is 0. The number of imide groups is 1. The highest BCUT2D eigenvalue weighted by Gasteiger charge is 2.36. The van der Waals surface area contributed by atoms with Gasteiger partial charge in [-0.05, 0) is 24.3 Å². The predicted octanol–water partition coefficient (Wildman–Crippen LogP) is 2.48. The number of fused-ring (bicyclic) bond motifs is 2. The van der Waals surface area contributed by atoms with E-state index in [1.54, 1.807) is 24.3 Å². The summed E-state index contributed by atoms with van der Waals surface area (Å²) in [5.74, 6) is -1.05. The van der Waals surface area contributed by atoms with Crippen molar-refractivity contribution in [2.75, 3.05) is 13.5 Å². The molecular formula is C17H10ClNO6. The lowest BCUT2D eigenvalue weighted by molar-refractivity contribution is 0.0228. The molecule has 7 nitrogen and oxygen atoms in total. The summed E-state index contributed by atoms with van der Waals surface area (Å²) in [5.41, 5.74) is 0.704. The second kappa shape index (κ2) is 5.78. The largest absolute Gasteiger partial charge is 0.454 e. The number of ether oxygens (including phenoxy) is 3. The van der Waals surface area contributed by atoms with Crippen LogP contribution in [0.5, 0.6) is 11.5 Å². The molecule has 2 amide bonds. The maximum absolute atomic E-state index is 12.2. The number of amides is 2. The zero-order valence-corrected chi connectivity index (χ0v) is 13.4. The van der Waals surface area contributed by atoms with Gasteiger partial charge < -0.3 is 14.2 Å². The van der Waals surface area contributed by atoms with Crippen molar-refractivity contribution >= 4 is 29.4 Å². The average molecular weight is 360 g/mol. The van der Waals surface area contributed by atoms with Gasteiger partial charge in [-0.25, -0.2) is 9.69 Å². The Bertz CT molecular complexity index is 890. The summed E-state index contributed by atoms with van der Waals surface area (Å²) in [4.78, 5) is 37.5. The Kier molecular flexibility index (Phi) is 3.58. The average Bonchev–Trinajstić information content (AvgIpc) is 3.18. The fourth-order valence-electron chi connectivity index (χ4n) is 2.65. The molecule has 2 aromatic carbocycles. The van der Waals surface area contributed by atoms with Crippen molar-refractivity contribution in [2.45, 2.75) is 0 Å². The first kappa shape index (κ1) is 15.5. The van der Waals surface area contributed by atoms with Crippen LogP contribution >= 0.6 is 11.6 Å². The number of rotatable bonds is 3. The van der Waals surface area contributed by atoms with Crippen molar-refractivity contribution in [2.24, 2.45) is 0 Å². The number of carbonyl (C=O) groups excluding carboxylic acids is 3. The lowest BCUT2D eigenvalue weighted by Gasteiger charge is -2.14. The van der Waals surface area contributed by atoms with E-state index in [1.807, 2.05) is 0 Å². The van der Waals surface area contributed by atoms with Gasteiger partial charge in [0.15, 0.2) is 18.2 Å². The second-order valence-electron chi connectivity index (χ2n) is 5.34. The quantitative estimate of drug-likeness (QED) is 0.618. The summed E-state index contributed by atoms with van der Waals surface area (Å²) in [6, 6.07) is 9.23. The van der Waals surface area contributed by atoms with E-state index >= 15 is 0 Å². The highest BCUT2D eigenvalue weighted by atomic mass is 35.5. The molecule has 0 saturated heterocycles. The Morgan fingerprint density at radius 3 is 2.48 bits per heavy atom. The van der Waals surface area contributed by atoms with Crippen molar-refractivity contribution in [3.63, 3.8) is 0 Å². The first-order valence-corrected chi connectivity index (χ1v) is 7.65. The third kappa shape index (κ3) is 2.49. The first-order valence-electron chi connectivity index (χ1n) is 7.28. The number of carbonyl (C=O) groups is 3. The van der Waals surface area contributed by atoms with Gasteiger partial charge in [0.05, 0.1) is 21.7 Å². The van der Waals surface area contributed by atoms with Gasteiger partial charge in [0, 0.05) is 0 Å². The van der Waals surface area contributed by atoms with Gasteiger partial charge in [-0.2, -0.15) is 0 Å². The van der Waals surface area contributed by atoms with Crippen molar-refractivity contribution in [3.05, 3.63) is 58.1 Å². The van der Waals surface area contributed by atoms with Crippen molar-refractivity contribution in [1.82, 2.24) is 4.90 Å². The van der Waals surface area contributed by atoms with Crippen LogP contribution in [0, 0.1) is 0 Å². The van der Waals surface area contributed by atoms with E-state index in [2.05, 4.69) is 0 Å². The third-order valence-electron chi connectivity index (χ3n) is 3.87. The zero-order valence-electron chi connectivity index (χ0n) is 12.7. The Morgan fingerprint density at radius 1 is 1.12 bits per heavy atom. The van der Waals surface area contributed by atoms with Crippen LogP contribution in [-0.2, 0) is 4.74 Å². The first-order chi connectivity index (χ1) is 12.1. The highest BCUT2D eigenvalue weighted by Crippen LogP contribution is 2.39. The smallest absolute Gasteiger partial charge is 0.340 e.